The fourth-order valence-corrected chi connectivity index (χ4v) is 4.24. The van der Waals surface area contributed by atoms with Crippen LogP contribution in [0.25, 0.3) is 0 Å². The van der Waals surface area contributed by atoms with Crippen molar-refractivity contribution in [3.63, 3.8) is 0 Å². The Bertz CT molecular complexity index is 807. The van der Waals surface area contributed by atoms with Crippen LogP contribution in [-0.4, -0.2) is 58.7 Å². The first kappa shape index (κ1) is 19.6. The van der Waals surface area contributed by atoms with Gasteiger partial charge in [0, 0.05) is 25.2 Å². The number of rotatable bonds is 7. The highest BCUT2D eigenvalue weighted by Crippen LogP contribution is 2.29. The van der Waals surface area contributed by atoms with Crippen LogP contribution in [0.3, 0.4) is 0 Å². The first-order chi connectivity index (χ1) is 12.3. The fourth-order valence-electron chi connectivity index (χ4n) is 2.81. The zero-order chi connectivity index (χ0) is 19.3. The predicted octanol–water partition coefficient (Wildman–Crippen LogP) is -0.426. The van der Waals surface area contributed by atoms with Crippen LogP contribution in [0, 0.1) is 11.5 Å². The highest BCUT2D eigenvalue weighted by Gasteiger charge is 2.35. The number of nitrogens with two attached hydrogens (primary N) is 1. The van der Waals surface area contributed by atoms with E-state index in [9.17, 15) is 18.5 Å². The number of carbonyl (C=O) groups is 1. The smallest absolute Gasteiger partial charge is 0.312 e. The van der Waals surface area contributed by atoms with E-state index in [2.05, 4.69) is 10.0 Å². The number of carbonyl (C=O) groups excluding carboxylic acids is 1. The Kier molecular flexibility index (Phi) is 6.12. The lowest BCUT2D eigenvalue weighted by Crippen LogP contribution is -2.40. The lowest BCUT2D eigenvalue weighted by atomic mass is 10.2. The van der Waals surface area contributed by atoms with Gasteiger partial charge in [0.05, 0.1) is 20.3 Å². The summed E-state index contributed by atoms with van der Waals surface area (Å²) in [6.45, 7) is 0.344. The van der Waals surface area contributed by atoms with E-state index < -0.39 is 22.1 Å². The summed E-state index contributed by atoms with van der Waals surface area (Å²) in [5.74, 6) is 0.556. The molecule has 0 spiro atoms. The van der Waals surface area contributed by atoms with Gasteiger partial charge in [0.1, 0.15) is 16.4 Å². The van der Waals surface area contributed by atoms with Crippen molar-refractivity contribution in [2.75, 3.05) is 27.3 Å². The van der Waals surface area contributed by atoms with Crippen molar-refractivity contribution >= 4 is 16.1 Å². The first-order valence-corrected chi connectivity index (χ1v) is 9.23. The lowest BCUT2D eigenvalue weighted by Gasteiger charge is -2.17. The Morgan fingerprint density at radius 1 is 1.42 bits per heavy atom. The summed E-state index contributed by atoms with van der Waals surface area (Å²) >= 11 is 0. The molecule has 1 heterocycles. The maximum atomic E-state index is 12.8. The molecule has 2 rings (SSSR count). The summed E-state index contributed by atoms with van der Waals surface area (Å²) in [4.78, 5) is 12.2. The number of nitrogens with one attached hydrogen (secondary N) is 2. The van der Waals surface area contributed by atoms with Crippen LogP contribution in [0.1, 0.15) is 6.42 Å². The number of likely N-dealkylation sites (tertiary alicyclic amines) is 1. The van der Waals surface area contributed by atoms with Gasteiger partial charge in [-0.25, -0.2) is 17.9 Å². The molecule has 2 amide bonds. The molecule has 1 aromatic rings. The number of amides is 2. The molecule has 142 valence electrons. The standard InChI is InChI=1S/C15H21N5O5S/c1-24-12-3-4-13(25-2)14(6-12)26(22,23)19-10-5-11(7-18-15(17)21)20(8-10)9-16/h3-4,6,10-11,19H,5,7-8H2,1-2H3,(H3,17,18,21). The van der Waals surface area contributed by atoms with Crippen molar-refractivity contribution in [1.29, 1.82) is 5.26 Å². The molecule has 0 radical (unpaired) electrons. The van der Waals surface area contributed by atoms with Gasteiger partial charge in [-0.15, -0.1) is 0 Å². The molecular weight excluding hydrogens is 362 g/mol. The average molecular weight is 383 g/mol. The zero-order valence-corrected chi connectivity index (χ0v) is 15.2. The van der Waals surface area contributed by atoms with Gasteiger partial charge in [0.25, 0.3) is 0 Å². The van der Waals surface area contributed by atoms with Crippen LogP contribution >= 0.6 is 0 Å². The number of benzene rings is 1. The van der Waals surface area contributed by atoms with Gasteiger partial charge in [0.15, 0.2) is 6.19 Å². The van der Waals surface area contributed by atoms with Crippen molar-refractivity contribution in [3.8, 4) is 17.7 Å². The molecule has 1 fully saturated rings. The number of primary amides is 1. The van der Waals surface area contributed by atoms with Gasteiger partial charge in [-0.3, -0.25) is 0 Å². The SMILES string of the molecule is COc1ccc(OC)c(S(=O)(=O)NC2CC(CNC(N)=O)N(C#N)C2)c1. The molecule has 26 heavy (non-hydrogen) atoms. The highest BCUT2D eigenvalue weighted by atomic mass is 32.2. The molecule has 10 nitrogen and oxygen atoms in total. The van der Waals surface area contributed by atoms with E-state index in [4.69, 9.17) is 15.2 Å². The van der Waals surface area contributed by atoms with Crippen molar-refractivity contribution in [1.82, 2.24) is 14.9 Å². The molecule has 1 aromatic carbocycles. The number of ether oxygens (including phenoxy) is 2. The Hall–Kier alpha value is -2.71. The van der Waals surface area contributed by atoms with E-state index in [1.54, 1.807) is 6.07 Å². The summed E-state index contributed by atoms with van der Waals surface area (Å²) in [5, 5.41) is 11.6. The molecule has 11 heteroatoms. The summed E-state index contributed by atoms with van der Waals surface area (Å²) in [6, 6.07) is 2.92. The third kappa shape index (κ3) is 4.47. The molecular formula is C15H21N5O5S. The Morgan fingerprint density at radius 2 is 2.15 bits per heavy atom. The van der Waals surface area contributed by atoms with Crippen LogP contribution < -0.4 is 25.2 Å². The van der Waals surface area contributed by atoms with Crippen LogP contribution in [0.2, 0.25) is 0 Å². The van der Waals surface area contributed by atoms with Crippen LogP contribution in [0.15, 0.2) is 23.1 Å². The number of hydrogen-bond acceptors (Lipinski definition) is 7. The van der Waals surface area contributed by atoms with Crippen molar-refractivity contribution in [2.24, 2.45) is 5.73 Å². The maximum Gasteiger partial charge on any atom is 0.312 e. The highest BCUT2D eigenvalue weighted by molar-refractivity contribution is 7.89. The van der Waals surface area contributed by atoms with Crippen molar-refractivity contribution in [2.45, 2.75) is 23.4 Å². The zero-order valence-electron chi connectivity index (χ0n) is 14.4. The molecule has 0 saturated carbocycles. The summed E-state index contributed by atoms with van der Waals surface area (Å²) in [7, 11) is -1.10. The average Bonchev–Trinajstić information content (AvgIpc) is 3.00. The molecule has 2 unspecified atom stereocenters. The second-order valence-corrected chi connectivity index (χ2v) is 7.40. The van der Waals surface area contributed by atoms with Gasteiger partial charge < -0.3 is 25.4 Å². The molecule has 1 aliphatic heterocycles. The van der Waals surface area contributed by atoms with E-state index in [-0.39, 0.29) is 29.8 Å². The molecule has 0 aromatic heterocycles. The third-order valence-electron chi connectivity index (χ3n) is 4.04. The topological polar surface area (TPSA) is 147 Å². The van der Waals surface area contributed by atoms with Crippen LogP contribution in [-0.2, 0) is 10.0 Å². The Labute approximate surface area is 151 Å². The summed E-state index contributed by atoms with van der Waals surface area (Å²) in [6.07, 6.45) is 2.34. The molecule has 1 aliphatic rings. The number of urea groups is 1. The summed E-state index contributed by atoms with van der Waals surface area (Å²) < 4.78 is 38.3. The monoisotopic (exact) mass is 383 g/mol. The van der Waals surface area contributed by atoms with Crippen molar-refractivity contribution in [3.05, 3.63) is 18.2 Å². The summed E-state index contributed by atoms with van der Waals surface area (Å²) in [5.41, 5.74) is 5.04. The number of sulfonamides is 1. The van der Waals surface area contributed by atoms with Crippen LogP contribution in [0.5, 0.6) is 11.5 Å². The first-order valence-electron chi connectivity index (χ1n) is 7.74. The van der Waals surface area contributed by atoms with E-state index >= 15 is 0 Å². The van der Waals surface area contributed by atoms with E-state index in [0.717, 1.165) is 0 Å². The van der Waals surface area contributed by atoms with Gasteiger partial charge in [-0.1, -0.05) is 0 Å². The molecule has 0 aliphatic carbocycles. The van der Waals surface area contributed by atoms with E-state index in [1.807, 2.05) is 6.19 Å². The minimum atomic E-state index is -3.91. The maximum absolute atomic E-state index is 12.8. The second-order valence-electron chi connectivity index (χ2n) is 5.72. The van der Waals surface area contributed by atoms with Gasteiger partial charge in [-0.05, 0) is 18.6 Å². The second kappa shape index (κ2) is 8.11. The molecule has 0 bridgehead atoms. The molecule has 1 saturated heterocycles. The van der Waals surface area contributed by atoms with E-state index in [0.29, 0.717) is 12.2 Å². The largest absolute Gasteiger partial charge is 0.497 e. The van der Waals surface area contributed by atoms with Gasteiger partial charge in [-0.2, -0.15) is 5.26 Å². The Balaban J connectivity index is 2.17. The van der Waals surface area contributed by atoms with Crippen molar-refractivity contribution < 1.29 is 22.7 Å². The molecule has 4 N–H and O–H groups in total. The molecule has 2 atom stereocenters. The lowest BCUT2D eigenvalue weighted by molar-refractivity contribution is 0.245. The number of methoxy groups -OCH3 is 2. The number of nitrogens with zero attached hydrogens (tertiary/aromatic N) is 2. The number of nitriles is 1. The minimum Gasteiger partial charge on any atom is -0.497 e. The van der Waals surface area contributed by atoms with Crippen LogP contribution in [0.4, 0.5) is 4.79 Å². The predicted molar refractivity (Wildman–Crippen MR) is 92.0 cm³/mol. The third-order valence-corrected chi connectivity index (χ3v) is 5.58. The van der Waals surface area contributed by atoms with Gasteiger partial charge in [0.2, 0.25) is 10.0 Å². The normalized spacial score (nSPS) is 19.7. The number of hydrogen-bond donors (Lipinski definition) is 3. The quantitative estimate of drug-likeness (QED) is 0.542. The van der Waals surface area contributed by atoms with E-state index in [1.165, 1.54) is 31.3 Å². The van der Waals surface area contributed by atoms with Gasteiger partial charge >= 0.3 is 6.03 Å². The minimum absolute atomic E-state index is 0.0541. The fraction of sp³-hybridized carbons (Fsp3) is 0.467. The Morgan fingerprint density at radius 3 is 2.73 bits per heavy atom.